The van der Waals surface area contributed by atoms with Crippen LogP contribution in [-0.4, -0.2) is 28.2 Å². The maximum Gasteiger partial charge on any atom is 0.435 e. The Balaban J connectivity index is 2.09. The molecule has 0 saturated heterocycles. The number of alkyl halides is 3. The highest BCUT2D eigenvalue weighted by molar-refractivity contribution is 7.89. The second kappa shape index (κ2) is 6.87. The molecule has 3 N–H and O–H groups in total. The van der Waals surface area contributed by atoms with E-state index in [2.05, 4.69) is 20.5 Å². The number of nitrogens with zero attached hydrogens (tertiary/aromatic N) is 4. The molecule has 148 valence electrons. The smallest absolute Gasteiger partial charge is 0.340 e. The van der Waals surface area contributed by atoms with Gasteiger partial charge in [0.2, 0.25) is 10.0 Å². The van der Waals surface area contributed by atoms with Gasteiger partial charge in [-0.15, -0.1) is 10.2 Å². The number of sulfonamides is 1. The number of aryl methyl sites for hydroxylation is 1. The quantitative estimate of drug-likeness (QED) is 0.681. The van der Waals surface area contributed by atoms with Crippen LogP contribution in [0.4, 0.5) is 24.7 Å². The Bertz CT molecular complexity index is 1120. The van der Waals surface area contributed by atoms with E-state index in [1.165, 1.54) is 18.5 Å². The fraction of sp³-hybridized carbons (Fsp3) is 0.188. The van der Waals surface area contributed by atoms with Crippen LogP contribution in [0, 0.1) is 6.92 Å². The van der Waals surface area contributed by atoms with Crippen molar-refractivity contribution in [3.05, 3.63) is 48.0 Å². The molecule has 2 heterocycles. The van der Waals surface area contributed by atoms with Gasteiger partial charge in [-0.25, -0.2) is 18.5 Å². The number of benzene rings is 1. The highest BCUT2D eigenvalue weighted by Gasteiger charge is 2.33. The molecule has 0 radical (unpaired) electrons. The average molecular weight is 412 g/mol. The molecule has 0 aliphatic rings. The summed E-state index contributed by atoms with van der Waals surface area (Å²) in [4.78, 5) is 4.14. The van der Waals surface area contributed by atoms with Gasteiger partial charge in [-0.05, 0) is 36.8 Å². The molecule has 0 aliphatic carbocycles. The molecule has 3 rings (SSSR count). The van der Waals surface area contributed by atoms with Crippen molar-refractivity contribution in [2.45, 2.75) is 18.0 Å². The summed E-state index contributed by atoms with van der Waals surface area (Å²) in [6, 6.07) is 4.66. The molecule has 0 unspecified atom stereocenters. The van der Waals surface area contributed by atoms with Crippen LogP contribution in [0.2, 0.25) is 0 Å². The van der Waals surface area contributed by atoms with Gasteiger partial charge in [0.1, 0.15) is 0 Å². The normalized spacial score (nSPS) is 12.2. The largest absolute Gasteiger partial charge is 0.435 e. The third-order valence-electron chi connectivity index (χ3n) is 3.90. The Labute approximate surface area is 158 Å². The molecule has 0 atom stereocenters. The summed E-state index contributed by atoms with van der Waals surface area (Å²) >= 11 is 0. The van der Waals surface area contributed by atoms with Gasteiger partial charge in [0.25, 0.3) is 0 Å². The predicted octanol–water partition coefficient (Wildman–Crippen LogP) is 2.60. The number of hydrogen-bond donors (Lipinski definition) is 2. The molecule has 0 amide bonds. The van der Waals surface area contributed by atoms with Crippen molar-refractivity contribution in [2.75, 3.05) is 5.32 Å². The molecular formula is C16H15F3N6O2S. The summed E-state index contributed by atoms with van der Waals surface area (Å²) in [5.41, 5.74) is 0.481. The van der Waals surface area contributed by atoms with Gasteiger partial charge < -0.3 is 9.88 Å². The molecule has 2 aromatic heterocycles. The van der Waals surface area contributed by atoms with Crippen molar-refractivity contribution in [1.82, 2.24) is 19.7 Å². The van der Waals surface area contributed by atoms with Crippen LogP contribution in [0.25, 0.3) is 11.3 Å². The zero-order valence-electron chi connectivity index (χ0n) is 14.7. The number of imidazole rings is 1. The Morgan fingerprint density at radius 3 is 2.36 bits per heavy atom. The van der Waals surface area contributed by atoms with Crippen molar-refractivity contribution >= 4 is 21.5 Å². The van der Waals surface area contributed by atoms with E-state index in [4.69, 9.17) is 5.14 Å². The molecule has 0 fully saturated rings. The second-order valence-electron chi connectivity index (χ2n) is 6.01. The third-order valence-corrected chi connectivity index (χ3v) is 4.96. The first-order valence-electron chi connectivity index (χ1n) is 7.79. The van der Waals surface area contributed by atoms with Crippen molar-refractivity contribution in [2.24, 2.45) is 12.2 Å². The molecule has 12 heteroatoms. The highest BCUT2D eigenvalue weighted by atomic mass is 32.2. The highest BCUT2D eigenvalue weighted by Crippen LogP contribution is 2.35. The number of anilines is 2. The lowest BCUT2D eigenvalue weighted by Gasteiger charge is -2.15. The minimum absolute atomic E-state index is 0.0490. The van der Waals surface area contributed by atoms with Crippen LogP contribution in [-0.2, 0) is 23.2 Å². The Morgan fingerprint density at radius 1 is 1.14 bits per heavy atom. The number of aromatic nitrogens is 4. The van der Waals surface area contributed by atoms with Crippen LogP contribution in [0.5, 0.6) is 0 Å². The monoisotopic (exact) mass is 412 g/mol. The Hall–Kier alpha value is -2.99. The van der Waals surface area contributed by atoms with Gasteiger partial charge >= 0.3 is 6.18 Å². The SMILES string of the molecule is Cc1c(S(N)(=O)=O)ccc(Nc2ccc(C(F)(F)F)nn2)c1-c1cn(C)cn1. The summed E-state index contributed by atoms with van der Waals surface area (Å²) in [5.74, 6) is 0.0490. The third kappa shape index (κ3) is 3.97. The van der Waals surface area contributed by atoms with E-state index >= 15 is 0 Å². The average Bonchev–Trinajstić information content (AvgIpc) is 2.99. The summed E-state index contributed by atoms with van der Waals surface area (Å²) in [7, 11) is -2.24. The van der Waals surface area contributed by atoms with Gasteiger partial charge in [-0.3, -0.25) is 0 Å². The zero-order chi connectivity index (χ0) is 20.7. The molecular weight excluding hydrogens is 397 g/mol. The van der Waals surface area contributed by atoms with E-state index in [9.17, 15) is 21.6 Å². The summed E-state index contributed by atoms with van der Waals surface area (Å²) in [5, 5.41) is 14.8. The van der Waals surface area contributed by atoms with E-state index < -0.39 is 21.9 Å². The zero-order valence-corrected chi connectivity index (χ0v) is 15.5. The van der Waals surface area contributed by atoms with Crippen LogP contribution in [0.1, 0.15) is 11.3 Å². The van der Waals surface area contributed by atoms with Crippen molar-refractivity contribution in [3.63, 3.8) is 0 Å². The van der Waals surface area contributed by atoms with E-state index in [-0.39, 0.29) is 10.7 Å². The van der Waals surface area contributed by atoms with Gasteiger partial charge in [0, 0.05) is 24.5 Å². The molecule has 8 nitrogen and oxygen atoms in total. The van der Waals surface area contributed by atoms with E-state index in [0.29, 0.717) is 22.5 Å². The maximum atomic E-state index is 12.6. The van der Waals surface area contributed by atoms with E-state index in [1.54, 1.807) is 24.7 Å². The summed E-state index contributed by atoms with van der Waals surface area (Å²) in [6.07, 6.45) is -1.41. The Kier molecular flexibility index (Phi) is 4.85. The summed E-state index contributed by atoms with van der Waals surface area (Å²) < 4.78 is 63.3. The number of primary sulfonamides is 1. The number of nitrogens with one attached hydrogen (secondary N) is 1. The van der Waals surface area contributed by atoms with Crippen molar-refractivity contribution in [3.8, 4) is 11.3 Å². The number of rotatable bonds is 4. The number of halogens is 3. The standard InChI is InChI=1S/C16H15F3N6O2S/c1-9-12(28(20,26)27)4-3-10(15(9)11-7-25(2)8-21-11)22-14-6-5-13(23-24-14)16(17,18)19/h3-8H,1-2H3,(H,22,24)(H2,20,26,27). The topological polar surface area (TPSA) is 116 Å². The minimum Gasteiger partial charge on any atom is -0.340 e. The van der Waals surface area contributed by atoms with Crippen LogP contribution in [0.15, 0.2) is 41.7 Å². The van der Waals surface area contributed by atoms with Crippen LogP contribution < -0.4 is 10.5 Å². The molecule has 1 aromatic carbocycles. The molecule has 0 spiro atoms. The maximum absolute atomic E-state index is 12.6. The molecule has 28 heavy (non-hydrogen) atoms. The lowest BCUT2D eigenvalue weighted by Crippen LogP contribution is -2.14. The second-order valence-corrected chi connectivity index (χ2v) is 7.54. The van der Waals surface area contributed by atoms with Crippen molar-refractivity contribution < 1.29 is 21.6 Å². The first-order valence-corrected chi connectivity index (χ1v) is 9.34. The summed E-state index contributed by atoms with van der Waals surface area (Å²) in [6.45, 7) is 1.56. The fourth-order valence-electron chi connectivity index (χ4n) is 2.67. The lowest BCUT2D eigenvalue weighted by molar-refractivity contribution is -0.141. The number of hydrogen-bond acceptors (Lipinski definition) is 6. The predicted molar refractivity (Wildman–Crippen MR) is 95.1 cm³/mol. The number of nitrogens with two attached hydrogens (primary N) is 1. The van der Waals surface area contributed by atoms with Gasteiger partial charge in [-0.2, -0.15) is 13.2 Å². The van der Waals surface area contributed by atoms with Crippen LogP contribution in [0.3, 0.4) is 0 Å². The van der Waals surface area contributed by atoms with E-state index in [1.807, 2.05) is 0 Å². The molecule has 0 bridgehead atoms. The van der Waals surface area contributed by atoms with Gasteiger partial charge in [0.15, 0.2) is 11.5 Å². The fourth-order valence-corrected chi connectivity index (χ4v) is 3.45. The molecule has 3 aromatic rings. The van der Waals surface area contributed by atoms with Gasteiger partial charge in [-0.1, -0.05) is 0 Å². The van der Waals surface area contributed by atoms with Gasteiger partial charge in [0.05, 0.1) is 16.9 Å². The lowest BCUT2D eigenvalue weighted by atomic mass is 10.0. The van der Waals surface area contributed by atoms with E-state index in [0.717, 1.165) is 12.1 Å². The minimum atomic E-state index is -4.60. The van der Waals surface area contributed by atoms with Crippen molar-refractivity contribution in [1.29, 1.82) is 0 Å². The molecule has 0 saturated carbocycles. The first-order chi connectivity index (χ1) is 13.0. The first kappa shape index (κ1) is 19.8. The molecule has 0 aliphatic heterocycles. The van der Waals surface area contributed by atoms with Crippen LogP contribution >= 0.6 is 0 Å². The Morgan fingerprint density at radius 2 is 1.86 bits per heavy atom.